The van der Waals surface area contributed by atoms with Gasteiger partial charge in [-0.25, -0.2) is 12.7 Å². The molecule has 0 saturated carbocycles. The van der Waals surface area contributed by atoms with Gasteiger partial charge in [0.2, 0.25) is 11.8 Å². The zero-order valence-corrected chi connectivity index (χ0v) is 24.1. The monoisotopic (exact) mass is 611 g/mol. The lowest BCUT2D eigenvalue weighted by molar-refractivity contribution is -0.141. The third kappa shape index (κ3) is 6.57. The van der Waals surface area contributed by atoms with Crippen LogP contribution in [-0.2, 0) is 32.6 Å². The Bertz CT molecular complexity index is 1460. The second kappa shape index (κ2) is 12.1. The highest BCUT2D eigenvalue weighted by atomic mass is 79.9. The number of halogens is 1. The first kappa shape index (κ1) is 28.5. The average Bonchev–Trinajstić information content (AvgIpc) is 3.10. The molecule has 1 aliphatic rings. The summed E-state index contributed by atoms with van der Waals surface area (Å²) in [5, 5.41) is 2.92. The SMILES string of the molecule is CC(C)NC(=O)[C@@H](Cc1ccccc1)N(Cc1ccc(Br)cc1)C(=O)CCN1C(=O)c2ccccc2S1(=O)=O. The molecule has 10 heteroatoms. The number of hydrogen-bond donors (Lipinski definition) is 1. The number of amides is 3. The van der Waals surface area contributed by atoms with Gasteiger partial charge in [-0.3, -0.25) is 14.4 Å². The largest absolute Gasteiger partial charge is 0.352 e. The van der Waals surface area contributed by atoms with E-state index in [9.17, 15) is 22.8 Å². The van der Waals surface area contributed by atoms with Crippen LogP contribution < -0.4 is 5.32 Å². The topological polar surface area (TPSA) is 104 Å². The summed E-state index contributed by atoms with van der Waals surface area (Å²) in [7, 11) is -4.05. The first-order chi connectivity index (χ1) is 18.6. The standard InChI is InChI=1S/C29H30BrN3O5S/c1-20(2)31-28(35)25(18-21-8-4-3-5-9-21)32(19-22-12-14-23(30)15-13-22)27(34)16-17-33-29(36)24-10-6-7-11-26(24)39(33,37)38/h3-15,20,25H,16-19H2,1-2H3,(H,31,35)/t25-/m1/s1. The Morgan fingerprint density at radius 3 is 2.21 bits per heavy atom. The van der Waals surface area contributed by atoms with Gasteiger partial charge >= 0.3 is 0 Å². The van der Waals surface area contributed by atoms with Gasteiger partial charge < -0.3 is 10.2 Å². The number of carbonyl (C=O) groups is 3. The summed E-state index contributed by atoms with van der Waals surface area (Å²) in [5.74, 6) is -1.40. The number of benzene rings is 3. The van der Waals surface area contributed by atoms with Crippen molar-refractivity contribution in [2.24, 2.45) is 0 Å². The molecule has 39 heavy (non-hydrogen) atoms. The molecule has 0 aliphatic carbocycles. The van der Waals surface area contributed by atoms with Gasteiger partial charge in [-0.2, -0.15) is 0 Å². The minimum absolute atomic E-state index is 0.0626. The van der Waals surface area contributed by atoms with E-state index in [1.54, 1.807) is 12.1 Å². The first-order valence-electron chi connectivity index (χ1n) is 12.6. The van der Waals surface area contributed by atoms with E-state index in [0.717, 1.165) is 19.9 Å². The minimum atomic E-state index is -4.05. The van der Waals surface area contributed by atoms with Crippen LogP contribution in [0, 0.1) is 0 Å². The predicted molar refractivity (Wildman–Crippen MR) is 151 cm³/mol. The normalized spacial score (nSPS) is 14.7. The molecular formula is C29H30BrN3O5S. The molecule has 1 atom stereocenters. The van der Waals surface area contributed by atoms with Crippen molar-refractivity contribution in [2.75, 3.05) is 6.54 Å². The zero-order valence-electron chi connectivity index (χ0n) is 21.7. The van der Waals surface area contributed by atoms with Gasteiger partial charge in [0.1, 0.15) is 10.9 Å². The zero-order chi connectivity index (χ0) is 28.2. The van der Waals surface area contributed by atoms with Crippen LogP contribution in [0.15, 0.2) is 88.2 Å². The maximum atomic E-state index is 13.8. The smallest absolute Gasteiger partial charge is 0.269 e. The van der Waals surface area contributed by atoms with Crippen molar-refractivity contribution in [3.63, 3.8) is 0 Å². The molecule has 0 saturated heterocycles. The fourth-order valence-corrected chi connectivity index (χ4v) is 6.35. The summed E-state index contributed by atoms with van der Waals surface area (Å²) in [6, 6.07) is 21.8. The second-order valence-electron chi connectivity index (χ2n) is 9.65. The van der Waals surface area contributed by atoms with Crippen LogP contribution in [0.4, 0.5) is 0 Å². The Labute approximate surface area is 237 Å². The van der Waals surface area contributed by atoms with Crippen LogP contribution in [0.3, 0.4) is 0 Å². The Morgan fingerprint density at radius 1 is 0.923 bits per heavy atom. The maximum absolute atomic E-state index is 13.8. The Kier molecular flexibility index (Phi) is 8.87. The molecule has 3 aromatic rings. The van der Waals surface area contributed by atoms with Gasteiger partial charge in [-0.1, -0.05) is 70.5 Å². The van der Waals surface area contributed by atoms with Crippen LogP contribution in [0.2, 0.25) is 0 Å². The van der Waals surface area contributed by atoms with Gasteiger partial charge in [-0.05, 0) is 49.2 Å². The van der Waals surface area contributed by atoms with Gasteiger partial charge in [0, 0.05) is 36.4 Å². The molecule has 3 aromatic carbocycles. The van der Waals surface area contributed by atoms with Crippen molar-refractivity contribution in [3.8, 4) is 0 Å². The van der Waals surface area contributed by atoms with Crippen LogP contribution in [0.1, 0.15) is 41.8 Å². The van der Waals surface area contributed by atoms with Gasteiger partial charge in [-0.15, -0.1) is 0 Å². The minimum Gasteiger partial charge on any atom is -0.352 e. The molecule has 1 aliphatic heterocycles. The van der Waals surface area contributed by atoms with Crippen molar-refractivity contribution >= 4 is 43.7 Å². The molecular weight excluding hydrogens is 582 g/mol. The molecule has 0 unspecified atom stereocenters. The fraction of sp³-hybridized carbons (Fsp3) is 0.276. The maximum Gasteiger partial charge on any atom is 0.269 e. The van der Waals surface area contributed by atoms with Crippen molar-refractivity contribution in [2.45, 2.75) is 50.2 Å². The number of hydrogen-bond acceptors (Lipinski definition) is 5. The number of sulfonamides is 1. The van der Waals surface area contributed by atoms with E-state index in [2.05, 4.69) is 21.2 Å². The lowest BCUT2D eigenvalue weighted by Gasteiger charge is -2.32. The molecule has 204 valence electrons. The Balaban J connectivity index is 1.63. The van der Waals surface area contributed by atoms with E-state index < -0.39 is 27.9 Å². The van der Waals surface area contributed by atoms with E-state index in [4.69, 9.17) is 0 Å². The van der Waals surface area contributed by atoms with Crippen molar-refractivity contribution in [1.29, 1.82) is 0 Å². The highest BCUT2D eigenvalue weighted by Crippen LogP contribution is 2.30. The molecule has 4 rings (SSSR count). The van der Waals surface area contributed by atoms with E-state index >= 15 is 0 Å². The van der Waals surface area contributed by atoms with Crippen LogP contribution >= 0.6 is 15.9 Å². The molecule has 0 bridgehead atoms. The molecule has 0 radical (unpaired) electrons. The predicted octanol–water partition coefficient (Wildman–Crippen LogP) is 4.15. The lowest BCUT2D eigenvalue weighted by atomic mass is 10.0. The number of nitrogens with zero attached hydrogens (tertiary/aromatic N) is 2. The average molecular weight is 613 g/mol. The van der Waals surface area contributed by atoms with Crippen LogP contribution in [0.5, 0.6) is 0 Å². The van der Waals surface area contributed by atoms with Crippen molar-refractivity contribution in [3.05, 3.63) is 100 Å². The number of nitrogens with one attached hydrogen (secondary N) is 1. The number of carbonyl (C=O) groups excluding carboxylic acids is 3. The van der Waals surface area contributed by atoms with Gasteiger partial charge in [0.15, 0.2) is 0 Å². The molecule has 0 aromatic heterocycles. The highest BCUT2D eigenvalue weighted by Gasteiger charge is 2.41. The molecule has 1 N–H and O–H groups in total. The Hall–Kier alpha value is -3.50. The van der Waals surface area contributed by atoms with Crippen LogP contribution in [0.25, 0.3) is 0 Å². The van der Waals surface area contributed by atoms with E-state index in [0.29, 0.717) is 0 Å². The fourth-order valence-electron chi connectivity index (χ4n) is 4.51. The molecule has 3 amide bonds. The number of rotatable bonds is 10. The summed E-state index contributed by atoms with van der Waals surface area (Å²) >= 11 is 3.42. The third-order valence-corrected chi connectivity index (χ3v) is 8.78. The van der Waals surface area contributed by atoms with Crippen molar-refractivity contribution < 1.29 is 22.8 Å². The van der Waals surface area contributed by atoms with Gasteiger partial charge in [0.25, 0.3) is 15.9 Å². The highest BCUT2D eigenvalue weighted by molar-refractivity contribution is 9.10. The lowest BCUT2D eigenvalue weighted by Crippen LogP contribution is -2.52. The summed E-state index contributed by atoms with van der Waals surface area (Å²) in [6.07, 6.45) is 0.00375. The van der Waals surface area contributed by atoms with E-state index in [1.807, 2.05) is 68.4 Å². The van der Waals surface area contributed by atoms with E-state index in [1.165, 1.54) is 17.0 Å². The van der Waals surface area contributed by atoms with Crippen molar-refractivity contribution in [1.82, 2.24) is 14.5 Å². The summed E-state index contributed by atoms with van der Waals surface area (Å²) in [4.78, 5) is 41.5. The molecule has 8 nitrogen and oxygen atoms in total. The van der Waals surface area contributed by atoms with Crippen LogP contribution in [-0.4, -0.2) is 54.0 Å². The second-order valence-corrected chi connectivity index (χ2v) is 12.4. The number of fused-ring (bicyclic) bond motifs is 1. The van der Waals surface area contributed by atoms with Gasteiger partial charge in [0.05, 0.1) is 5.56 Å². The summed E-state index contributed by atoms with van der Waals surface area (Å²) in [5.41, 5.74) is 1.77. The molecule has 1 heterocycles. The first-order valence-corrected chi connectivity index (χ1v) is 14.9. The molecule has 0 fully saturated rings. The summed E-state index contributed by atoms with van der Waals surface area (Å²) < 4.78 is 27.7. The molecule has 0 spiro atoms. The quantitative estimate of drug-likeness (QED) is 0.371. The van der Waals surface area contributed by atoms with E-state index in [-0.39, 0.29) is 48.3 Å². The Morgan fingerprint density at radius 2 is 1.56 bits per heavy atom. The third-order valence-electron chi connectivity index (χ3n) is 6.41. The summed E-state index contributed by atoms with van der Waals surface area (Å²) in [6.45, 7) is 3.51.